The van der Waals surface area contributed by atoms with Crippen molar-refractivity contribution in [2.45, 2.75) is 38.6 Å². The molecule has 0 spiro atoms. The minimum atomic E-state index is 0.366. The fourth-order valence-corrected chi connectivity index (χ4v) is 3.87. The van der Waals surface area contributed by atoms with Crippen LogP contribution >= 0.6 is 15.9 Å². The Labute approximate surface area is 137 Å². The Kier molecular flexibility index (Phi) is 6.52. The first-order valence-corrected chi connectivity index (χ1v) is 8.78. The SMILES string of the molecule is CCCN1CCCCC(CN)C1c1cc(Br)ccc1OC. The van der Waals surface area contributed by atoms with E-state index in [4.69, 9.17) is 10.5 Å². The fraction of sp³-hybridized carbons (Fsp3) is 0.647. The molecule has 2 rings (SSSR count). The van der Waals surface area contributed by atoms with E-state index in [0.717, 1.165) is 29.9 Å². The molecule has 2 atom stereocenters. The number of hydrogen-bond acceptors (Lipinski definition) is 3. The molecule has 0 aromatic heterocycles. The highest BCUT2D eigenvalue weighted by molar-refractivity contribution is 9.10. The molecule has 0 saturated carbocycles. The van der Waals surface area contributed by atoms with Gasteiger partial charge in [0.2, 0.25) is 0 Å². The molecule has 2 unspecified atom stereocenters. The van der Waals surface area contributed by atoms with Crippen LogP contribution in [-0.2, 0) is 0 Å². The van der Waals surface area contributed by atoms with Crippen LogP contribution in [0.1, 0.15) is 44.2 Å². The summed E-state index contributed by atoms with van der Waals surface area (Å²) in [7, 11) is 1.76. The Hall–Kier alpha value is -0.580. The van der Waals surface area contributed by atoms with Crippen LogP contribution in [0.4, 0.5) is 0 Å². The standard InChI is InChI=1S/C17H27BrN2O/c1-3-9-20-10-5-4-6-13(12-19)17(20)15-11-14(18)7-8-16(15)21-2/h7-8,11,13,17H,3-6,9-10,12,19H2,1-2H3. The predicted octanol–water partition coefficient (Wildman–Crippen LogP) is 3.97. The molecule has 2 N–H and O–H groups in total. The summed E-state index contributed by atoms with van der Waals surface area (Å²) in [4.78, 5) is 2.61. The summed E-state index contributed by atoms with van der Waals surface area (Å²) in [5, 5.41) is 0. The minimum Gasteiger partial charge on any atom is -0.496 e. The lowest BCUT2D eigenvalue weighted by atomic mass is 9.88. The summed E-state index contributed by atoms with van der Waals surface area (Å²) in [6.45, 7) is 5.26. The molecule has 118 valence electrons. The molecule has 1 fully saturated rings. The Morgan fingerprint density at radius 3 is 2.86 bits per heavy atom. The van der Waals surface area contributed by atoms with E-state index in [9.17, 15) is 0 Å². The van der Waals surface area contributed by atoms with Gasteiger partial charge in [0.15, 0.2) is 0 Å². The highest BCUT2D eigenvalue weighted by Gasteiger charge is 2.31. The van der Waals surface area contributed by atoms with Crippen molar-refractivity contribution in [1.29, 1.82) is 0 Å². The first-order chi connectivity index (χ1) is 10.2. The number of benzene rings is 1. The van der Waals surface area contributed by atoms with E-state index in [2.05, 4.69) is 39.9 Å². The van der Waals surface area contributed by atoms with Crippen molar-refractivity contribution in [3.05, 3.63) is 28.2 Å². The van der Waals surface area contributed by atoms with Crippen LogP contribution in [0.2, 0.25) is 0 Å². The molecule has 1 heterocycles. The van der Waals surface area contributed by atoms with Crippen molar-refractivity contribution in [1.82, 2.24) is 4.90 Å². The Morgan fingerprint density at radius 2 is 2.19 bits per heavy atom. The molecular weight excluding hydrogens is 328 g/mol. The molecule has 21 heavy (non-hydrogen) atoms. The lowest BCUT2D eigenvalue weighted by Crippen LogP contribution is -2.36. The zero-order valence-electron chi connectivity index (χ0n) is 13.1. The van der Waals surface area contributed by atoms with Gasteiger partial charge in [-0.1, -0.05) is 29.3 Å². The Bertz CT molecular complexity index is 452. The lowest BCUT2D eigenvalue weighted by Gasteiger charge is -2.35. The van der Waals surface area contributed by atoms with Crippen LogP contribution in [-0.4, -0.2) is 31.6 Å². The molecule has 1 saturated heterocycles. The smallest absolute Gasteiger partial charge is 0.123 e. The normalized spacial score (nSPS) is 23.8. The third-order valence-corrected chi connectivity index (χ3v) is 4.93. The van der Waals surface area contributed by atoms with Gasteiger partial charge >= 0.3 is 0 Å². The Morgan fingerprint density at radius 1 is 1.38 bits per heavy atom. The number of nitrogens with two attached hydrogens (primary N) is 1. The lowest BCUT2D eigenvalue weighted by molar-refractivity contribution is 0.155. The molecular formula is C17H27BrN2O. The monoisotopic (exact) mass is 354 g/mol. The maximum atomic E-state index is 6.11. The molecule has 1 aromatic carbocycles. The second kappa shape index (κ2) is 8.16. The third kappa shape index (κ3) is 3.99. The second-order valence-electron chi connectivity index (χ2n) is 5.86. The van der Waals surface area contributed by atoms with Gasteiger partial charge in [-0.2, -0.15) is 0 Å². The van der Waals surface area contributed by atoms with Crippen molar-refractivity contribution < 1.29 is 4.74 Å². The van der Waals surface area contributed by atoms with E-state index < -0.39 is 0 Å². The topological polar surface area (TPSA) is 38.5 Å². The van der Waals surface area contributed by atoms with Gasteiger partial charge in [0.1, 0.15) is 5.75 Å². The van der Waals surface area contributed by atoms with Crippen LogP contribution in [0.15, 0.2) is 22.7 Å². The van der Waals surface area contributed by atoms with E-state index in [0.29, 0.717) is 12.0 Å². The Balaban J connectivity index is 2.43. The first kappa shape index (κ1) is 16.8. The highest BCUT2D eigenvalue weighted by Crippen LogP contribution is 2.40. The molecule has 3 nitrogen and oxygen atoms in total. The number of halogens is 1. The van der Waals surface area contributed by atoms with E-state index >= 15 is 0 Å². The summed E-state index contributed by atoms with van der Waals surface area (Å²) >= 11 is 3.61. The van der Waals surface area contributed by atoms with Gasteiger partial charge in [-0.05, 0) is 63.0 Å². The maximum Gasteiger partial charge on any atom is 0.123 e. The van der Waals surface area contributed by atoms with Crippen molar-refractivity contribution in [3.8, 4) is 5.75 Å². The summed E-state index contributed by atoms with van der Waals surface area (Å²) in [5.74, 6) is 1.48. The maximum absolute atomic E-state index is 6.11. The van der Waals surface area contributed by atoms with Crippen LogP contribution in [0.25, 0.3) is 0 Å². The predicted molar refractivity (Wildman–Crippen MR) is 91.7 cm³/mol. The first-order valence-electron chi connectivity index (χ1n) is 7.98. The third-order valence-electron chi connectivity index (χ3n) is 4.43. The van der Waals surface area contributed by atoms with Crippen molar-refractivity contribution in [2.24, 2.45) is 11.7 Å². The summed E-state index contributed by atoms with van der Waals surface area (Å²) in [6, 6.07) is 6.67. The van der Waals surface area contributed by atoms with Gasteiger partial charge in [-0.25, -0.2) is 0 Å². The molecule has 1 aromatic rings. The summed E-state index contributed by atoms with van der Waals surface area (Å²) in [5.41, 5.74) is 7.38. The molecule has 4 heteroatoms. The van der Waals surface area contributed by atoms with E-state index in [-0.39, 0.29) is 0 Å². The highest BCUT2D eigenvalue weighted by atomic mass is 79.9. The molecule has 0 aliphatic carbocycles. The summed E-state index contributed by atoms with van der Waals surface area (Å²) < 4.78 is 6.73. The van der Waals surface area contributed by atoms with Crippen molar-refractivity contribution >= 4 is 15.9 Å². The number of hydrogen-bond donors (Lipinski definition) is 1. The van der Waals surface area contributed by atoms with Crippen LogP contribution in [0.3, 0.4) is 0 Å². The van der Waals surface area contributed by atoms with Gasteiger partial charge in [0, 0.05) is 16.1 Å². The van der Waals surface area contributed by atoms with E-state index in [1.54, 1.807) is 7.11 Å². The largest absolute Gasteiger partial charge is 0.496 e. The van der Waals surface area contributed by atoms with E-state index in [1.807, 2.05) is 6.07 Å². The van der Waals surface area contributed by atoms with Gasteiger partial charge in [0.05, 0.1) is 7.11 Å². The number of methoxy groups -OCH3 is 1. The quantitative estimate of drug-likeness (QED) is 0.869. The molecule has 1 aliphatic rings. The summed E-state index contributed by atoms with van der Waals surface area (Å²) in [6.07, 6.45) is 4.92. The van der Waals surface area contributed by atoms with Crippen molar-refractivity contribution in [3.63, 3.8) is 0 Å². The second-order valence-corrected chi connectivity index (χ2v) is 6.77. The van der Waals surface area contributed by atoms with Gasteiger partial charge in [0.25, 0.3) is 0 Å². The molecule has 0 amide bonds. The number of likely N-dealkylation sites (tertiary alicyclic amines) is 1. The van der Waals surface area contributed by atoms with Gasteiger partial charge in [-0.3, -0.25) is 4.90 Å². The van der Waals surface area contributed by atoms with Gasteiger partial charge < -0.3 is 10.5 Å². The zero-order chi connectivity index (χ0) is 15.2. The zero-order valence-corrected chi connectivity index (χ0v) is 14.7. The van der Waals surface area contributed by atoms with Gasteiger partial charge in [-0.15, -0.1) is 0 Å². The average molecular weight is 355 g/mol. The van der Waals surface area contributed by atoms with Crippen LogP contribution in [0.5, 0.6) is 5.75 Å². The minimum absolute atomic E-state index is 0.366. The van der Waals surface area contributed by atoms with Crippen molar-refractivity contribution in [2.75, 3.05) is 26.7 Å². The number of ether oxygens (including phenoxy) is 1. The molecule has 0 radical (unpaired) electrons. The van der Waals surface area contributed by atoms with Crippen LogP contribution < -0.4 is 10.5 Å². The number of rotatable bonds is 5. The fourth-order valence-electron chi connectivity index (χ4n) is 3.49. The molecule has 1 aliphatic heterocycles. The molecule has 0 bridgehead atoms. The number of nitrogens with zero attached hydrogens (tertiary/aromatic N) is 1. The average Bonchev–Trinajstić information content (AvgIpc) is 2.69. The van der Waals surface area contributed by atoms with E-state index in [1.165, 1.54) is 31.2 Å². The van der Waals surface area contributed by atoms with Crippen LogP contribution in [0, 0.1) is 5.92 Å².